The average Bonchev–Trinajstić information content (AvgIpc) is 3.05. The van der Waals surface area contributed by atoms with Gasteiger partial charge in [-0.1, -0.05) is 0 Å². The molecule has 0 atom stereocenters. The number of piperidine rings is 1. The number of carbonyl (C=O) groups excluding carboxylic acids is 2. The van der Waals surface area contributed by atoms with Crippen molar-refractivity contribution in [1.29, 1.82) is 0 Å². The molecule has 2 fully saturated rings. The highest BCUT2D eigenvalue weighted by molar-refractivity contribution is 7.11. The van der Waals surface area contributed by atoms with Crippen LogP contribution in [0.1, 0.15) is 22.6 Å². The van der Waals surface area contributed by atoms with Gasteiger partial charge in [-0.2, -0.15) is 0 Å². The number of nitrogens with one attached hydrogen (secondary N) is 1. The summed E-state index contributed by atoms with van der Waals surface area (Å²) in [5, 5.41) is 2.99. The molecule has 6 nitrogen and oxygen atoms in total. The van der Waals surface area contributed by atoms with Crippen LogP contribution in [-0.4, -0.2) is 73.0 Å². The molecule has 1 aromatic heterocycles. The maximum Gasteiger partial charge on any atom is 0.317 e. The van der Waals surface area contributed by atoms with E-state index >= 15 is 0 Å². The number of rotatable bonds is 3. The first-order chi connectivity index (χ1) is 12.0. The molecule has 138 valence electrons. The Balaban J connectivity index is 1.41. The number of thiophene rings is 1. The molecule has 2 aliphatic rings. The van der Waals surface area contributed by atoms with Crippen LogP contribution in [0.25, 0.3) is 0 Å². The number of urea groups is 1. The lowest BCUT2D eigenvalue weighted by atomic mass is 9.95. The van der Waals surface area contributed by atoms with Gasteiger partial charge in [0.25, 0.3) is 0 Å². The third-order valence-corrected chi connectivity index (χ3v) is 6.16. The number of piperazine rings is 1. The van der Waals surface area contributed by atoms with Gasteiger partial charge in [0.2, 0.25) is 5.91 Å². The second-order valence-electron chi connectivity index (χ2n) is 7.06. The Hall–Kier alpha value is -1.60. The van der Waals surface area contributed by atoms with Crippen LogP contribution in [0.2, 0.25) is 0 Å². The van der Waals surface area contributed by atoms with E-state index in [9.17, 15) is 9.59 Å². The first kappa shape index (κ1) is 18.2. The van der Waals surface area contributed by atoms with Gasteiger partial charge in [-0.05, 0) is 38.9 Å². The average molecular weight is 365 g/mol. The fourth-order valence-electron chi connectivity index (χ4n) is 3.47. The summed E-state index contributed by atoms with van der Waals surface area (Å²) in [5.41, 5.74) is 0. The molecule has 0 spiro atoms. The van der Waals surface area contributed by atoms with Crippen molar-refractivity contribution in [2.45, 2.75) is 26.3 Å². The minimum absolute atomic E-state index is 0.0171. The van der Waals surface area contributed by atoms with Gasteiger partial charge in [-0.3, -0.25) is 4.79 Å². The number of likely N-dealkylation sites (N-methyl/N-ethyl adjacent to an activating group) is 1. The Morgan fingerprint density at radius 3 is 2.36 bits per heavy atom. The van der Waals surface area contributed by atoms with Crippen molar-refractivity contribution in [1.82, 2.24) is 20.0 Å². The van der Waals surface area contributed by atoms with E-state index in [0.29, 0.717) is 19.6 Å². The van der Waals surface area contributed by atoms with Crippen molar-refractivity contribution in [2.24, 2.45) is 5.92 Å². The molecule has 1 aromatic rings. The van der Waals surface area contributed by atoms with E-state index in [2.05, 4.69) is 36.3 Å². The summed E-state index contributed by atoms with van der Waals surface area (Å²) < 4.78 is 0. The SMILES string of the molecule is Cc1ccc(CNC(=O)N2CCC(C(=O)N3CCN(C)CC3)CC2)s1. The summed E-state index contributed by atoms with van der Waals surface area (Å²) in [7, 11) is 2.09. The van der Waals surface area contributed by atoms with Crippen molar-refractivity contribution in [3.8, 4) is 0 Å². The van der Waals surface area contributed by atoms with E-state index in [1.165, 1.54) is 9.75 Å². The van der Waals surface area contributed by atoms with Crippen LogP contribution in [0, 0.1) is 12.8 Å². The quantitative estimate of drug-likeness (QED) is 0.889. The fourth-order valence-corrected chi connectivity index (χ4v) is 4.30. The lowest BCUT2D eigenvalue weighted by molar-refractivity contribution is -0.138. The van der Waals surface area contributed by atoms with E-state index < -0.39 is 0 Å². The van der Waals surface area contributed by atoms with E-state index in [-0.39, 0.29) is 17.9 Å². The smallest absolute Gasteiger partial charge is 0.317 e. The van der Waals surface area contributed by atoms with Gasteiger partial charge in [0.15, 0.2) is 0 Å². The molecule has 0 bridgehead atoms. The predicted molar refractivity (Wildman–Crippen MR) is 99.7 cm³/mol. The van der Waals surface area contributed by atoms with E-state index in [1.54, 1.807) is 11.3 Å². The highest BCUT2D eigenvalue weighted by Gasteiger charge is 2.31. The first-order valence-corrected chi connectivity index (χ1v) is 9.90. The van der Waals surface area contributed by atoms with Crippen molar-refractivity contribution in [3.63, 3.8) is 0 Å². The summed E-state index contributed by atoms with van der Waals surface area (Å²) in [5.74, 6) is 0.356. The molecule has 0 saturated carbocycles. The zero-order valence-electron chi connectivity index (χ0n) is 15.2. The summed E-state index contributed by atoms with van der Waals surface area (Å²) in [6, 6.07) is 4.11. The number of aryl methyl sites for hydroxylation is 1. The molecule has 0 radical (unpaired) electrons. The van der Waals surface area contributed by atoms with Crippen LogP contribution in [-0.2, 0) is 11.3 Å². The molecule has 1 N–H and O–H groups in total. The third-order valence-electron chi connectivity index (χ3n) is 5.16. The Bertz CT molecular complexity index is 602. The molecule has 7 heteroatoms. The molecule has 0 aromatic carbocycles. The fraction of sp³-hybridized carbons (Fsp3) is 0.667. The van der Waals surface area contributed by atoms with E-state index in [0.717, 1.165) is 39.0 Å². The van der Waals surface area contributed by atoms with Crippen LogP contribution in [0.5, 0.6) is 0 Å². The van der Waals surface area contributed by atoms with E-state index in [4.69, 9.17) is 0 Å². The largest absolute Gasteiger partial charge is 0.340 e. The molecule has 2 saturated heterocycles. The maximum absolute atomic E-state index is 12.6. The highest BCUT2D eigenvalue weighted by Crippen LogP contribution is 2.21. The maximum atomic E-state index is 12.6. The molecular weight excluding hydrogens is 336 g/mol. The molecule has 3 rings (SSSR count). The van der Waals surface area contributed by atoms with E-state index in [1.807, 2.05) is 9.80 Å². The van der Waals surface area contributed by atoms with Crippen LogP contribution >= 0.6 is 11.3 Å². The Kier molecular flexibility index (Phi) is 5.96. The van der Waals surface area contributed by atoms with Crippen molar-refractivity contribution in [2.75, 3.05) is 46.3 Å². The van der Waals surface area contributed by atoms with Crippen LogP contribution in [0.3, 0.4) is 0 Å². The second-order valence-corrected chi connectivity index (χ2v) is 8.43. The lowest BCUT2D eigenvalue weighted by Gasteiger charge is -2.37. The zero-order chi connectivity index (χ0) is 17.8. The first-order valence-electron chi connectivity index (χ1n) is 9.08. The number of hydrogen-bond acceptors (Lipinski definition) is 4. The number of hydrogen-bond donors (Lipinski definition) is 1. The molecule has 0 unspecified atom stereocenters. The lowest BCUT2D eigenvalue weighted by Crippen LogP contribution is -2.51. The van der Waals surface area contributed by atoms with Crippen LogP contribution in [0.15, 0.2) is 12.1 Å². The second kappa shape index (κ2) is 8.19. The number of amides is 3. The molecular formula is C18H28N4O2S. The van der Waals surface area contributed by atoms with Crippen molar-refractivity contribution in [3.05, 3.63) is 21.9 Å². The minimum atomic E-state index is -0.0171. The van der Waals surface area contributed by atoms with Gasteiger partial charge >= 0.3 is 6.03 Å². The molecule has 3 heterocycles. The topological polar surface area (TPSA) is 55.9 Å². The summed E-state index contributed by atoms with van der Waals surface area (Å²) in [4.78, 5) is 33.5. The van der Waals surface area contributed by atoms with Crippen LogP contribution in [0.4, 0.5) is 4.79 Å². The predicted octanol–water partition coefficient (Wildman–Crippen LogP) is 1.75. The summed E-state index contributed by atoms with van der Waals surface area (Å²) in [6.07, 6.45) is 1.55. The van der Waals surface area contributed by atoms with Gasteiger partial charge in [0, 0.05) is 54.9 Å². The van der Waals surface area contributed by atoms with Gasteiger partial charge in [-0.25, -0.2) is 4.79 Å². The summed E-state index contributed by atoms with van der Waals surface area (Å²) >= 11 is 1.71. The summed E-state index contributed by atoms with van der Waals surface area (Å²) in [6.45, 7) is 7.55. The van der Waals surface area contributed by atoms with Crippen LogP contribution < -0.4 is 5.32 Å². The Labute approximate surface area is 153 Å². The highest BCUT2D eigenvalue weighted by atomic mass is 32.1. The standard InChI is InChI=1S/C18H28N4O2S/c1-14-3-4-16(25-14)13-19-18(24)22-7-5-15(6-8-22)17(23)21-11-9-20(2)10-12-21/h3-4,15H,5-13H2,1-2H3,(H,19,24). The minimum Gasteiger partial charge on any atom is -0.340 e. The third kappa shape index (κ3) is 4.73. The van der Waals surface area contributed by atoms with Gasteiger partial charge in [0.05, 0.1) is 6.54 Å². The van der Waals surface area contributed by atoms with Crippen molar-refractivity contribution < 1.29 is 9.59 Å². The normalized spacial score (nSPS) is 19.9. The molecule has 2 aliphatic heterocycles. The number of carbonyl (C=O) groups is 2. The molecule has 0 aliphatic carbocycles. The monoisotopic (exact) mass is 364 g/mol. The Morgan fingerprint density at radius 1 is 1.08 bits per heavy atom. The zero-order valence-corrected chi connectivity index (χ0v) is 16.0. The van der Waals surface area contributed by atoms with Crippen molar-refractivity contribution >= 4 is 23.3 Å². The number of likely N-dealkylation sites (tertiary alicyclic amines) is 1. The number of nitrogens with zero attached hydrogens (tertiary/aromatic N) is 3. The van der Waals surface area contributed by atoms with Gasteiger partial charge < -0.3 is 20.0 Å². The van der Waals surface area contributed by atoms with Gasteiger partial charge in [-0.15, -0.1) is 11.3 Å². The van der Waals surface area contributed by atoms with Gasteiger partial charge in [0.1, 0.15) is 0 Å². The molecule has 3 amide bonds. The Morgan fingerprint density at radius 2 is 1.76 bits per heavy atom. The molecule has 25 heavy (non-hydrogen) atoms.